The molecule has 1 unspecified atom stereocenters. The SMILES string of the molecule is Cc1c(C)c2c(c3c1OC(C)(CI)C3)CCN2C=O. The molecule has 2 aliphatic rings. The van der Waals surface area contributed by atoms with Gasteiger partial charge in [-0.25, -0.2) is 0 Å². The number of anilines is 1. The van der Waals surface area contributed by atoms with Crippen LogP contribution in [0.4, 0.5) is 5.69 Å². The molecule has 2 heterocycles. The number of amides is 1. The summed E-state index contributed by atoms with van der Waals surface area (Å²) in [6, 6.07) is 0. The summed E-state index contributed by atoms with van der Waals surface area (Å²) in [6.45, 7) is 7.18. The lowest BCUT2D eigenvalue weighted by molar-refractivity contribution is -0.107. The van der Waals surface area contributed by atoms with Crippen LogP contribution < -0.4 is 9.64 Å². The lowest BCUT2D eigenvalue weighted by atomic mass is 9.92. The van der Waals surface area contributed by atoms with Crippen LogP contribution in [0.1, 0.15) is 29.2 Å². The van der Waals surface area contributed by atoms with Crippen LogP contribution in [0.3, 0.4) is 0 Å². The van der Waals surface area contributed by atoms with E-state index in [0.717, 1.165) is 41.7 Å². The highest BCUT2D eigenvalue weighted by Crippen LogP contribution is 2.48. The number of hydrogen-bond acceptors (Lipinski definition) is 2. The van der Waals surface area contributed by atoms with E-state index < -0.39 is 0 Å². The summed E-state index contributed by atoms with van der Waals surface area (Å²) in [5.74, 6) is 1.07. The molecule has 102 valence electrons. The Morgan fingerprint density at radius 2 is 2.11 bits per heavy atom. The van der Waals surface area contributed by atoms with E-state index in [4.69, 9.17) is 4.74 Å². The summed E-state index contributed by atoms with van der Waals surface area (Å²) in [4.78, 5) is 13.1. The zero-order chi connectivity index (χ0) is 13.8. The Morgan fingerprint density at radius 1 is 1.37 bits per heavy atom. The fraction of sp³-hybridized carbons (Fsp3) is 0.533. The fourth-order valence-electron chi connectivity index (χ4n) is 3.24. The summed E-state index contributed by atoms with van der Waals surface area (Å²) in [6.07, 6.45) is 2.87. The molecular weight excluding hydrogens is 353 g/mol. The van der Waals surface area contributed by atoms with Crippen molar-refractivity contribution in [2.24, 2.45) is 0 Å². The van der Waals surface area contributed by atoms with Crippen molar-refractivity contribution in [3.63, 3.8) is 0 Å². The van der Waals surface area contributed by atoms with E-state index in [2.05, 4.69) is 43.4 Å². The summed E-state index contributed by atoms with van der Waals surface area (Å²) >= 11 is 2.39. The summed E-state index contributed by atoms with van der Waals surface area (Å²) in [5.41, 5.74) is 6.09. The fourth-order valence-corrected chi connectivity index (χ4v) is 3.67. The highest BCUT2D eigenvalue weighted by Gasteiger charge is 2.39. The number of nitrogens with zero attached hydrogens (tertiary/aromatic N) is 1. The van der Waals surface area contributed by atoms with E-state index in [1.807, 2.05) is 4.90 Å². The first-order valence-electron chi connectivity index (χ1n) is 6.62. The molecule has 3 nitrogen and oxygen atoms in total. The first-order chi connectivity index (χ1) is 9.00. The van der Waals surface area contributed by atoms with Crippen molar-refractivity contribution in [3.05, 3.63) is 22.3 Å². The van der Waals surface area contributed by atoms with Crippen molar-refractivity contribution in [1.82, 2.24) is 0 Å². The molecule has 1 aromatic carbocycles. The maximum Gasteiger partial charge on any atom is 0.214 e. The summed E-state index contributed by atoms with van der Waals surface area (Å²) in [5, 5.41) is 0. The molecule has 1 atom stereocenters. The first kappa shape index (κ1) is 13.2. The van der Waals surface area contributed by atoms with E-state index in [9.17, 15) is 4.79 Å². The highest BCUT2D eigenvalue weighted by molar-refractivity contribution is 14.1. The van der Waals surface area contributed by atoms with Gasteiger partial charge in [-0.3, -0.25) is 4.79 Å². The second kappa shape index (κ2) is 4.36. The van der Waals surface area contributed by atoms with Gasteiger partial charge >= 0.3 is 0 Å². The van der Waals surface area contributed by atoms with Crippen LogP contribution in [0.5, 0.6) is 5.75 Å². The minimum atomic E-state index is -0.0934. The third-order valence-corrected chi connectivity index (χ3v) is 6.00. The molecule has 4 heteroatoms. The molecule has 0 aliphatic carbocycles. The molecule has 19 heavy (non-hydrogen) atoms. The zero-order valence-corrected chi connectivity index (χ0v) is 13.7. The number of carbonyl (C=O) groups excluding carboxylic acids is 1. The minimum absolute atomic E-state index is 0.0934. The number of ether oxygens (including phenoxy) is 1. The lowest BCUT2D eigenvalue weighted by Crippen LogP contribution is -2.31. The van der Waals surface area contributed by atoms with Gasteiger partial charge in [0.25, 0.3) is 0 Å². The number of halogens is 1. The number of benzene rings is 1. The third-order valence-electron chi connectivity index (χ3n) is 4.38. The molecule has 0 spiro atoms. The number of rotatable bonds is 2. The van der Waals surface area contributed by atoms with Gasteiger partial charge in [0, 0.05) is 23.0 Å². The molecule has 3 rings (SSSR count). The van der Waals surface area contributed by atoms with Crippen LogP contribution in [0.2, 0.25) is 0 Å². The molecule has 2 aliphatic heterocycles. The standard InChI is InChI=1S/C15H18INO2/c1-9-10(2)14-12(6-15(3,7-16)19-14)11-4-5-17(8-18)13(9)11/h8H,4-7H2,1-3H3. The van der Waals surface area contributed by atoms with Crippen LogP contribution in [0.25, 0.3) is 0 Å². The molecular formula is C15H18INO2. The van der Waals surface area contributed by atoms with Gasteiger partial charge in [-0.05, 0) is 43.9 Å². The van der Waals surface area contributed by atoms with Crippen LogP contribution in [0.15, 0.2) is 0 Å². The number of fused-ring (bicyclic) bond motifs is 3. The van der Waals surface area contributed by atoms with E-state index in [1.54, 1.807) is 0 Å². The topological polar surface area (TPSA) is 29.5 Å². The number of alkyl halides is 1. The average molecular weight is 371 g/mol. The van der Waals surface area contributed by atoms with Crippen LogP contribution in [-0.2, 0) is 17.6 Å². The summed E-state index contributed by atoms with van der Waals surface area (Å²) in [7, 11) is 0. The average Bonchev–Trinajstić information content (AvgIpc) is 2.97. The Balaban J connectivity index is 2.21. The Bertz CT molecular complexity index is 570. The second-order valence-electron chi connectivity index (χ2n) is 5.80. The largest absolute Gasteiger partial charge is 0.486 e. The normalized spacial score (nSPS) is 24.1. The molecule has 0 saturated heterocycles. The van der Waals surface area contributed by atoms with Gasteiger partial charge in [-0.15, -0.1) is 0 Å². The van der Waals surface area contributed by atoms with Crippen molar-refractivity contribution >= 4 is 34.7 Å². The smallest absolute Gasteiger partial charge is 0.214 e. The van der Waals surface area contributed by atoms with Crippen molar-refractivity contribution in [3.8, 4) is 5.75 Å². The maximum absolute atomic E-state index is 11.2. The number of carbonyl (C=O) groups is 1. The van der Waals surface area contributed by atoms with Crippen LogP contribution >= 0.6 is 22.6 Å². The molecule has 1 amide bonds. The predicted octanol–water partition coefficient (Wildman–Crippen LogP) is 2.95. The van der Waals surface area contributed by atoms with Gasteiger partial charge in [0.1, 0.15) is 11.4 Å². The molecule has 1 aromatic rings. The van der Waals surface area contributed by atoms with E-state index in [0.29, 0.717) is 0 Å². The first-order valence-corrected chi connectivity index (χ1v) is 8.15. The molecule has 0 aromatic heterocycles. The van der Waals surface area contributed by atoms with Crippen LogP contribution in [0, 0.1) is 13.8 Å². The van der Waals surface area contributed by atoms with E-state index in [1.165, 1.54) is 22.3 Å². The minimum Gasteiger partial charge on any atom is -0.486 e. The van der Waals surface area contributed by atoms with Gasteiger partial charge in [-0.2, -0.15) is 0 Å². The highest BCUT2D eigenvalue weighted by atomic mass is 127. The van der Waals surface area contributed by atoms with Crippen molar-refractivity contribution in [2.45, 2.75) is 39.2 Å². The Morgan fingerprint density at radius 3 is 2.74 bits per heavy atom. The molecule has 0 radical (unpaired) electrons. The van der Waals surface area contributed by atoms with E-state index in [-0.39, 0.29) is 5.60 Å². The van der Waals surface area contributed by atoms with Gasteiger partial charge in [0.2, 0.25) is 6.41 Å². The van der Waals surface area contributed by atoms with Crippen LogP contribution in [-0.4, -0.2) is 23.0 Å². The van der Waals surface area contributed by atoms with Crippen molar-refractivity contribution in [2.75, 3.05) is 15.9 Å². The van der Waals surface area contributed by atoms with Crippen molar-refractivity contribution in [1.29, 1.82) is 0 Å². The Kier molecular flexibility index (Phi) is 3.04. The third kappa shape index (κ3) is 1.79. The molecule has 0 saturated carbocycles. The monoisotopic (exact) mass is 371 g/mol. The summed E-state index contributed by atoms with van der Waals surface area (Å²) < 4.78 is 7.21. The number of hydrogen-bond donors (Lipinski definition) is 0. The van der Waals surface area contributed by atoms with E-state index >= 15 is 0 Å². The quantitative estimate of drug-likeness (QED) is 0.455. The zero-order valence-electron chi connectivity index (χ0n) is 11.5. The molecule has 0 N–H and O–H groups in total. The second-order valence-corrected chi connectivity index (χ2v) is 6.56. The van der Waals surface area contributed by atoms with Gasteiger partial charge in [-0.1, -0.05) is 22.6 Å². The van der Waals surface area contributed by atoms with Crippen molar-refractivity contribution < 1.29 is 9.53 Å². The predicted molar refractivity (Wildman–Crippen MR) is 84.7 cm³/mol. The Labute approximate surface area is 127 Å². The van der Waals surface area contributed by atoms with Gasteiger partial charge < -0.3 is 9.64 Å². The Hall–Kier alpha value is -0.780. The lowest BCUT2D eigenvalue weighted by Gasteiger charge is -2.21. The van der Waals surface area contributed by atoms with Gasteiger partial charge in [0.15, 0.2) is 0 Å². The molecule has 0 fully saturated rings. The molecule has 0 bridgehead atoms. The maximum atomic E-state index is 11.2. The van der Waals surface area contributed by atoms with Gasteiger partial charge in [0.05, 0.1) is 5.69 Å².